The van der Waals surface area contributed by atoms with Gasteiger partial charge in [0.15, 0.2) is 10.9 Å². The molecule has 2 aromatic heterocycles. The van der Waals surface area contributed by atoms with Crippen LogP contribution in [0.25, 0.3) is 22.3 Å². The highest BCUT2D eigenvalue weighted by Crippen LogP contribution is 2.73. The number of halogens is 1. The van der Waals surface area contributed by atoms with E-state index in [-0.39, 0.29) is 68.6 Å². The number of Topliss-reactive ketones (excluding diaryl/α,β-unsaturated/α-hetero) is 1. The van der Waals surface area contributed by atoms with E-state index in [1.54, 1.807) is 31.4 Å². The highest BCUT2D eigenvalue weighted by atomic mass is 32.1. The van der Waals surface area contributed by atoms with E-state index in [0.29, 0.717) is 39.4 Å². The number of hydrogen-bond donors (Lipinski definition) is 2. The minimum absolute atomic E-state index is 0.0237. The highest BCUT2D eigenvalue weighted by molar-refractivity contribution is 7.60. The molecule has 63 heavy (non-hydrogen) atoms. The molecule has 1 aliphatic heterocycles. The first-order valence-electron chi connectivity index (χ1n) is 22.0. The number of nitrogens with zero attached hydrogens (tertiary/aromatic N) is 3. The average Bonchev–Trinajstić information content (AvgIpc) is 3.63. The standard InChI is InChI=1S/C48H60FN4O8PS/c1-8-31-25-48(31,62(57,58)20-19-30-13-9-12-16-37(30)49)26-42(54)41-22-34(27-53(41)45(56)36(47(4,5)6)23-44(55)61-32-14-10-11-15-32)60-43-24-39(40-28-63-46(52-40)50-29(2)3)51-38-21-33(59-7)17-18-35(38)43/h8-9,12-13,16-18,21,24,28-29,31-32,34,36,41H,1,10-11,14-15,19-20,22-23,25-27H2,2-7H3,(H,50,52)(H,57,58)/t31-,34-,36-,41+,48-/m1/s1. The van der Waals surface area contributed by atoms with Crippen molar-refractivity contribution in [1.82, 2.24) is 14.9 Å². The Labute approximate surface area is 373 Å². The Balaban J connectivity index is 1.21. The molecule has 2 saturated carbocycles. The maximum absolute atomic E-state index is 15.0. The molecular weight excluding hydrogens is 843 g/mol. The summed E-state index contributed by atoms with van der Waals surface area (Å²) in [6.07, 6.45) is 4.05. The fourth-order valence-electron chi connectivity index (χ4n) is 9.19. The number of carbonyl (C=O) groups excluding carboxylic acids is 3. The van der Waals surface area contributed by atoms with E-state index in [1.807, 2.05) is 64.3 Å². The van der Waals surface area contributed by atoms with Crippen LogP contribution in [0.5, 0.6) is 11.5 Å². The molecule has 7 rings (SSSR count). The summed E-state index contributed by atoms with van der Waals surface area (Å²) in [5.74, 6) is -1.85. The van der Waals surface area contributed by atoms with Gasteiger partial charge >= 0.3 is 5.97 Å². The number of fused-ring (bicyclic) bond motifs is 1. The van der Waals surface area contributed by atoms with Crippen LogP contribution in [-0.2, 0) is 30.1 Å². The van der Waals surface area contributed by atoms with Crippen molar-refractivity contribution in [1.29, 1.82) is 0 Å². The van der Waals surface area contributed by atoms with Crippen LogP contribution < -0.4 is 14.8 Å². The zero-order valence-electron chi connectivity index (χ0n) is 37.1. The number of thiazole rings is 1. The number of nitrogens with one attached hydrogen (secondary N) is 1. The molecule has 2 aromatic carbocycles. The molecule has 6 atom stereocenters. The number of methoxy groups -OCH3 is 1. The summed E-state index contributed by atoms with van der Waals surface area (Å²) in [5, 5.41) is 5.38. The van der Waals surface area contributed by atoms with Gasteiger partial charge in [-0.25, -0.2) is 14.4 Å². The molecule has 4 aromatic rings. The number of hydrogen-bond acceptors (Lipinski definition) is 11. The smallest absolute Gasteiger partial charge is 0.306 e. The molecule has 1 amide bonds. The first-order valence-corrected chi connectivity index (χ1v) is 24.7. The van der Waals surface area contributed by atoms with E-state index < -0.39 is 53.7 Å². The average molecular weight is 903 g/mol. The molecular formula is C48H60FN4O8PS. The lowest BCUT2D eigenvalue weighted by Gasteiger charge is -2.35. The van der Waals surface area contributed by atoms with E-state index in [4.69, 9.17) is 24.2 Å². The van der Waals surface area contributed by atoms with E-state index in [2.05, 4.69) is 11.9 Å². The Morgan fingerprint density at radius 3 is 2.51 bits per heavy atom. The molecule has 3 fully saturated rings. The lowest BCUT2D eigenvalue weighted by Crippen LogP contribution is -2.48. The van der Waals surface area contributed by atoms with Crippen molar-refractivity contribution < 1.29 is 42.4 Å². The summed E-state index contributed by atoms with van der Waals surface area (Å²) in [6.45, 7) is 13.7. The summed E-state index contributed by atoms with van der Waals surface area (Å²) in [5.41, 5.74) is 1.43. The third-order valence-electron chi connectivity index (χ3n) is 12.9. The second kappa shape index (κ2) is 18.8. The van der Waals surface area contributed by atoms with Crippen molar-refractivity contribution in [3.8, 4) is 22.9 Å². The van der Waals surface area contributed by atoms with Crippen molar-refractivity contribution in [2.75, 3.05) is 25.1 Å². The van der Waals surface area contributed by atoms with Crippen molar-refractivity contribution in [2.24, 2.45) is 17.3 Å². The maximum Gasteiger partial charge on any atom is 0.306 e. The highest BCUT2D eigenvalue weighted by Gasteiger charge is 2.65. The van der Waals surface area contributed by atoms with Crippen LogP contribution in [0.2, 0.25) is 0 Å². The molecule has 1 unspecified atom stereocenters. The molecule has 3 heterocycles. The fourth-order valence-corrected chi connectivity index (χ4v) is 12.5. The molecule has 12 nitrogen and oxygen atoms in total. The van der Waals surface area contributed by atoms with Gasteiger partial charge in [-0.05, 0) is 87.5 Å². The van der Waals surface area contributed by atoms with Crippen molar-refractivity contribution >= 4 is 52.4 Å². The summed E-state index contributed by atoms with van der Waals surface area (Å²) in [7, 11) is -2.51. The Hall–Kier alpha value is -4.65. The van der Waals surface area contributed by atoms with Gasteiger partial charge in [-0.1, -0.05) is 45.0 Å². The molecule has 0 bridgehead atoms. The van der Waals surface area contributed by atoms with Gasteiger partial charge in [-0.2, -0.15) is 0 Å². The van der Waals surface area contributed by atoms with E-state index in [9.17, 15) is 28.2 Å². The Kier molecular flexibility index (Phi) is 13.8. The maximum atomic E-state index is 15.0. The predicted molar refractivity (Wildman–Crippen MR) is 244 cm³/mol. The predicted octanol–water partition coefficient (Wildman–Crippen LogP) is 9.63. The van der Waals surface area contributed by atoms with Crippen molar-refractivity contribution in [2.45, 2.75) is 122 Å². The van der Waals surface area contributed by atoms with E-state index in [0.717, 1.165) is 30.8 Å². The number of amides is 1. The largest absolute Gasteiger partial charge is 0.497 e. The van der Waals surface area contributed by atoms with Crippen LogP contribution >= 0.6 is 18.7 Å². The summed E-state index contributed by atoms with van der Waals surface area (Å²) >= 11 is 1.46. The van der Waals surface area contributed by atoms with Crippen LogP contribution in [0.4, 0.5) is 9.52 Å². The van der Waals surface area contributed by atoms with Gasteiger partial charge in [-0.15, -0.1) is 17.9 Å². The quantitative estimate of drug-likeness (QED) is 0.0557. The minimum atomic E-state index is -4.09. The van der Waals surface area contributed by atoms with Gasteiger partial charge in [-0.3, -0.25) is 18.9 Å². The lowest BCUT2D eigenvalue weighted by atomic mass is 9.77. The van der Waals surface area contributed by atoms with Gasteiger partial charge < -0.3 is 29.3 Å². The zero-order chi connectivity index (χ0) is 45.3. The second-order valence-corrected chi connectivity index (χ2v) is 22.4. The molecule has 15 heteroatoms. The van der Waals surface area contributed by atoms with Gasteiger partial charge in [0.25, 0.3) is 0 Å². The summed E-state index contributed by atoms with van der Waals surface area (Å²) in [4.78, 5) is 66.2. The number of aromatic nitrogens is 2. The fraction of sp³-hybridized carbons (Fsp3) is 0.521. The number of esters is 1. The monoisotopic (exact) mass is 902 g/mol. The number of carbonyl (C=O) groups is 3. The number of allylic oxidation sites excluding steroid dienone is 1. The number of ether oxygens (including phenoxy) is 3. The molecule has 1 saturated heterocycles. The van der Waals surface area contributed by atoms with Crippen LogP contribution in [0, 0.1) is 23.1 Å². The van der Waals surface area contributed by atoms with Gasteiger partial charge in [0, 0.05) is 47.9 Å². The molecule has 3 aliphatic rings. The number of aryl methyl sites for hydroxylation is 1. The summed E-state index contributed by atoms with van der Waals surface area (Å²) in [6, 6.07) is 12.6. The number of anilines is 1. The normalized spacial score (nSPS) is 22.7. The molecule has 2 N–H and O–H groups in total. The third kappa shape index (κ3) is 10.3. The Morgan fingerprint density at radius 1 is 1.10 bits per heavy atom. The second-order valence-electron chi connectivity index (χ2n) is 18.8. The first kappa shape index (κ1) is 46.3. The number of ketones is 1. The van der Waals surface area contributed by atoms with Crippen LogP contribution in [-0.4, -0.2) is 86.7 Å². The first-order chi connectivity index (χ1) is 29.9. The molecule has 0 spiro atoms. The van der Waals surface area contributed by atoms with Gasteiger partial charge in [0.2, 0.25) is 13.3 Å². The molecule has 2 aliphatic carbocycles. The minimum Gasteiger partial charge on any atom is -0.497 e. The number of pyridine rings is 1. The zero-order valence-corrected chi connectivity index (χ0v) is 38.8. The molecule has 0 radical (unpaired) electrons. The topological polar surface area (TPSA) is 157 Å². The van der Waals surface area contributed by atoms with Crippen molar-refractivity contribution in [3.63, 3.8) is 0 Å². The van der Waals surface area contributed by atoms with Crippen LogP contribution in [0.15, 0.2) is 66.6 Å². The third-order valence-corrected chi connectivity index (χ3v) is 16.6. The van der Waals surface area contributed by atoms with Crippen molar-refractivity contribution in [3.05, 3.63) is 77.9 Å². The number of benzene rings is 2. The van der Waals surface area contributed by atoms with Crippen LogP contribution in [0.3, 0.4) is 0 Å². The Bertz CT molecular complexity index is 2390. The van der Waals surface area contributed by atoms with Gasteiger partial charge in [0.05, 0.1) is 48.4 Å². The van der Waals surface area contributed by atoms with Crippen LogP contribution in [0.1, 0.15) is 91.5 Å². The number of likely N-dealkylation sites (tertiary alicyclic amines) is 1. The van der Waals surface area contributed by atoms with Gasteiger partial charge in [0.1, 0.15) is 35.2 Å². The molecule has 338 valence electrons. The Morgan fingerprint density at radius 2 is 1.84 bits per heavy atom. The number of rotatable bonds is 18. The SMILES string of the molecule is C=C[C@@H]1C[C@]1(CC(=O)[C@@H]1C[C@@H](Oc2cc(-c3csc(NC(C)C)n3)nc3cc(OC)ccc23)CN1C(=O)[C@@H](CC(=O)OC1CCCC1)C(C)(C)C)P(=O)(O)CCc1ccccc1F. The lowest BCUT2D eigenvalue weighted by molar-refractivity contribution is -0.156. The van der Waals surface area contributed by atoms with E-state index >= 15 is 0 Å². The van der Waals surface area contributed by atoms with E-state index in [1.165, 1.54) is 22.3 Å². The summed E-state index contributed by atoms with van der Waals surface area (Å²) < 4.78 is 47.2.